The van der Waals surface area contributed by atoms with Crippen molar-refractivity contribution in [3.05, 3.63) is 0 Å². The molecule has 106 valence electrons. The highest BCUT2D eigenvalue weighted by atomic mass is 35.5. The van der Waals surface area contributed by atoms with Crippen LogP contribution in [0.1, 0.15) is 19.8 Å². The van der Waals surface area contributed by atoms with Gasteiger partial charge in [0.05, 0.1) is 19.3 Å². The molecule has 7 heteroatoms. The number of halogens is 1. The van der Waals surface area contributed by atoms with E-state index in [9.17, 15) is 9.59 Å². The SMILES string of the molecule is CC[C@H](N)C(=O)NCCC(=O)N1CCOCC1.Cl. The van der Waals surface area contributed by atoms with Crippen LogP contribution in [0.4, 0.5) is 0 Å². The molecule has 1 aliphatic heterocycles. The Kier molecular flexibility index (Phi) is 8.70. The lowest BCUT2D eigenvalue weighted by atomic mass is 10.2. The average Bonchev–Trinajstić information content (AvgIpc) is 2.38. The van der Waals surface area contributed by atoms with Gasteiger partial charge in [0.2, 0.25) is 11.8 Å². The van der Waals surface area contributed by atoms with Gasteiger partial charge in [-0.05, 0) is 6.42 Å². The summed E-state index contributed by atoms with van der Waals surface area (Å²) in [6, 6.07) is -0.478. The molecule has 6 nitrogen and oxygen atoms in total. The monoisotopic (exact) mass is 279 g/mol. The molecule has 0 bridgehead atoms. The van der Waals surface area contributed by atoms with Crippen molar-refractivity contribution in [2.75, 3.05) is 32.8 Å². The van der Waals surface area contributed by atoms with Gasteiger partial charge >= 0.3 is 0 Å². The molecule has 18 heavy (non-hydrogen) atoms. The minimum atomic E-state index is -0.478. The molecule has 2 amide bonds. The van der Waals surface area contributed by atoms with E-state index in [2.05, 4.69) is 5.32 Å². The van der Waals surface area contributed by atoms with Crippen LogP contribution in [0.5, 0.6) is 0 Å². The van der Waals surface area contributed by atoms with E-state index < -0.39 is 6.04 Å². The van der Waals surface area contributed by atoms with Crippen LogP contribution in [0.3, 0.4) is 0 Å². The van der Waals surface area contributed by atoms with Crippen molar-refractivity contribution < 1.29 is 14.3 Å². The van der Waals surface area contributed by atoms with Crippen LogP contribution in [-0.4, -0.2) is 55.6 Å². The molecule has 1 heterocycles. The van der Waals surface area contributed by atoms with E-state index in [4.69, 9.17) is 10.5 Å². The number of carbonyl (C=O) groups is 2. The molecular formula is C11H22ClN3O3. The Bertz CT molecular complexity index is 270. The highest BCUT2D eigenvalue weighted by molar-refractivity contribution is 5.85. The molecule has 1 rings (SSSR count). The van der Waals surface area contributed by atoms with Crippen molar-refractivity contribution in [3.63, 3.8) is 0 Å². The van der Waals surface area contributed by atoms with Crippen molar-refractivity contribution in [1.29, 1.82) is 0 Å². The molecule has 0 aliphatic carbocycles. The van der Waals surface area contributed by atoms with Crippen LogP contribution in [0, 0.1) is 0 Å². The minimum absolute atomic E-state index is 0. The van der Waals surface area contributed by atoms with E-state index in [-0.39, 0.29) is 24.2 Å². The molecule has 1 saturated heterocycles. The van der Waals surface area contributed by atoms with Gasteiger partial charge in [0, 0.05) is 26.1 Å². The van der Waals surface area contributed by atoms with Gasteiger partial charge in [-0.15, -0.1) is 12.4 Å². The number of rotatable bonds is 5. The van der Waals surface area contributed by atoms with E-state index in [1.807, 2.05) is 6.92 Å². The largest absolute Gasteiger partial charge is 0.378 e. The molecule has 1 atom stereocenters. The predicted molar refractivity (Wildman–Crippen MR) is 70.5 cm³/mol. The topological polar surface area (TPSA) is 84.7 Å². The molecular weight excluding hydrogens is 258 g/mol. The summed E-state index contributed by atoms with van der Waals surface area (Å²) in [6.45, 7) is 4.67. The van der Waals surface area contributed by atoms with Gasteiger partial charge in [0.15, 0.2) is 0 Å². The fourth-order valence-corrected chi connectivity index (χ4v) is 1.58. The number of nitrogens with zero attached hydrogens (tertiary/aromatic N) is 1. The maximum absolute atomic E-state index is 11.7. The molecule has 1 fully saturated rings. The van der Waals surface area contributed by atoms with E-state index in [1.165, 1.54) is 0 Å². The van der Waals surface area contributed by atoms with Gasteiger partial charge in [-0.3, -0.25) is 9.59 Å². The number of hydrogen-bond donors (Lipinski definition) is 2. The molecule has 0 unspecified atom stereocenters. The molecule has 0 spiro atoms. The standard InChI is InChI=1S/C11H21N3O3.ClH/c1-2-9(12)11(16)13-4-3-10(15)14-5-7-17-8-6-14;/h9H,2-8,12H2,1H3,(H,13,16);1H/t9-;/m0./s1. The molecule has 0 aromatic heterocycles. The molecule has 0 saturated carbocycles. The number of morpholine rings is 1. The third-order valence-corrected chi connectivity index (χ3v) is 2.78. The lowest BCUT2D eigenvalue weighted by Crippen LogP contribution is -2.44. The van der Waals surface area contributed by atoms with Crippen LogP contribution >= 0.6 is 12.4 Å². The van der Waals surface area contributed by atoms with Gasteiger partial charge in [0.1, 0.15) is 0 Å². The quantitative estimate of drug-likeness (QED) is 0.711. The highest BCUT2D eigenvalue weighted by Crippen LogP contribution is 1.99. The zero-order valence-electron chi connectivity index (χ0n) is 10.7. The van der Waals surface area contributed by atoms with Gasteiger partial charge < -0.3 is 20.7 Å². The van der Waals surface area contributed by atoms with Crippen LogP contribution in [0.15, 0.2) is 0 Å². The normalized spacial score (nSPS) is 16.7. The van der Waals surface area contributed by atoms with Gasteiger partial charge in [-0.2, -0.15) is 0 Å². The average molecular weight is 280 g/mol. The fraction of sp³-hybridized carbons (Fsp3) is 0.818. The number of amides is 2. The smallest absolute Gasteiger partial charge is 0.236 e. The van der Waals surface area contributed by atoms with Gasteiger partial charge in [-0.25, -0.2) is 0 Å². The molecule has 0 aromatic rings. The molecule has 0 radical (unpaired) electrons. The summed E-state index contributed by atoms with van der Waals surface area (Å²) in [6.07, 6.45) is 0.922. The molecule has 1 aliphatic rings. The van der Waals surface area contributed by atoms with E-state index in [0.29, 0.717) is 45.7 Å². The second-order valence-corrected chi connectivity index (χ2v) is 4.05. The summed E-state index contributed by atoms with van der Waals surface area (Å²) >= 11 is 0. The van der Waals surface area contributed by atoms with Crippen LogP contribution in [-0.2, 0) is 14.3 Å². The second kappa shape index (κ2) is 9.13. The first-order valence-electron chi connectivity index (χ1n) is 6.04. The van der Waals surface area contributed by atoms with E-state index in [1.54, 1.807) is 4.90 Å². The van der Waals surface area contributed by atoms with E-state index in [0.717, 1.165) is 0 Å². The Morgan fingerprint density at radius 1 is 1.39 bits per heavy atom. The first-order chi connectivity index (χ1) is 8.15. The Morgan fingerprint density at radius 2 is 2.00 bits per heavy atom. The fourth-order valence-electron chi connectivity index (χ4n) is 1.58. The van der Waals surface area contributed by atoms with Crippen LogP contribution in [0.2, 0.25) is 0 Å². The lowest BCUT2D eigenvalue weighted by molar-refractivity contribution is -0.135. The number of hydrogen-bond acceptors (Lipinski definition) is 4. The molecule has 0 aromatic carbocycles. The van der Waals surface area contributed by atoms with Crippen molar-refractivity contribution in [1.82, 2.24) is 10.2 Å². The molecule has 3 N–H and O–H groups in total. The maximum Gasteiger partial charge on any atom is 0.236 e. The van der Waals surface area contributed by atoms with Crippen molar-refractivity contribution in [2.24, 2.45) is 5.73 Å². The number of ether oxygens (including phenoxy) is 1. The first-order valence-corrected chi connectivity index (χ1v) is 6.04. The maximum atomic E-state index is 11.7. The third kappa shape index (κ3) is 5.66. The van der Waals surface area contributed by atoms with Crippen LogP contribution in [0.25, 0.3) is 0 Å². The Hall–Kier alpha value is -0.850. The van der Waals surface area contributed by atoms with Crippen molar-refractivity contribution >= 4 is 24.2 Å². The predicted octanol–water partition coefficient (Wildman–Crippen LogP) is -0.489. The lowest BCUT2D eigenvalue weighted by Gasteiger charge is -2.26. The second-order valence-electron chi connectivity index (χ2n) is 4.05. The summed E-state index contributed by atoms with van der Waals surface area (Å²) in [7, 11) is 0. The summed E-state index contributed by atoms with van der Waals surface area (Å²) < 4.78 is 5.16. The number of nitrogens with one attached hydrogen (secondary N) is 1. The zero-order valence-corrected chi connectivity index (χ0v) is 11.5. The Balaban J connectivity index is 0.00000289. The number of carbonyl (C=O) groups excluding carboxylic acids is 2. The summed E-state index contributed by atoms with van der Waals surface area (Å²) in [4.78, 5) is 24.8. The Morgan fingerprint density at radius 3 is 2.56 bits per heavy atom. The Labute approximate surface area is 114 Å². The highest BCUT2D eigenvalue weighted by Gasteiger charge is 2.17. The summed E-state index contributed by atoms with van der Waals surface area (Å²) in [5.74, 6) is -0.138. The third-order valence-electron chi connectivity index (χ3n) is 2.78. The van der Waals surface area contributed by atoms with Crippen LogP contribution < -0.4 is 11.1 Å². The van der Waals surface area contributed by atoms with Crippen molar-refractivity contribution in [3.8, 4) is 0 Å². The van der Waals surface area contributed by atoms with Gasteiger partial charge in [0.25, 0.3) is 0 Å². The summed E-state index contributed by atoms with van der Waals surface area (Å²) in [5.41, 5.74) is 5.55. The number of nitrogens with two attached hydrogens (primary N) is 1. The first kappa shape index (κ1) is 17.2. The van der Waals surface area contributed by atoms with Crippen molar-refractivity contribution in [2.45, 2.75) is 25.8 Å². The minimum Gasteiger partial charge on any atom is -0.378 e. The summed E-state index contributed by atoms with van der Waals surface area (Å²) in [5, 5.41) is 2.66. The van der Waals surface area contributed by atoms with E-state index >= 15 is 0 Å². The zero-order chi connectivity index (χ0) is 12.7. The van der Waals surface area contributed by atoms with Gasteiger partial charge in [-0.1, -0.05) is 6.92 Å².